The molecule has 7 heteroatoms. The average Bonchev–Trinajstić information content (AvgIpc) is 2.44. The molecule has 0 aromatic heterocycles. The lowest BCUT2D eigenvalue weighted by atomic mass is 9.86. The fourth-order valence-electron chi connectivity index (χ4n) is 2.43. The minimum Gasteiger partial charge on any atom is -0.481 e. The standard InChI is InChI=1S/C14H16ClFN2O3/c15-12-10(16)2-1-3-11(12)18-14(21)17-9-6-4-8(5-7-9)13(19)20/h1-3,8-9H,4-7H2,(H,19,20)(H2,17,18,21). The Kier molecular flexibility index (Phi) is 5.01. The van der Waals surface area contributed by atoms with Crippen LogP contribution in [0.1, 0.15) is 25.7 Å². The molecule has 2 rings (SSSR count). The van der Waals surface area contributed by atoms with Gasteiger partial charge in [0, 0.05) is 6.04 Å². The van der Waals surface area contributed by atoms with Crippen molar-refractivity contribution in [2.24, 2.45) is 5.92 Å². The maximum Gasteiger partial charge on any atom is 0.319 e. The van der Waals surface area contributed by atoms with Gasteiger partial charge in [-0.05, 0) is 37.8 Å². The van der Waals surface area contributed by atoms with Gasteiger partial charge in [-0.1, -0.05) is 17.7 Å². The zero-order valence-electron chi connectivity index (χ0n) is 11.2. The minimum absolute atomic E-state index is 0.0760. The summed E-state index contributed by atoms with van der Waals surface area (Å²) in [6, 6.07) is 3.62. The highest BCUT2D eigenvalue weighted by atomic mass is 35.5. The van der Waals surface area contributed by atoms with E-state index in [2.05, 4.69) is 10.6 Å². The van der Waals surface area contributed by atoms with Gasteiger partial charge in [0.05, 0.1) is 16.6 Å². The van der Waals surface area contributed by atoms with Gasteiger partial charge in [-0.15, -0.1) is 0 Å². The predicted molar refractivity (Wildman–Crippen MR) is 76.9 cm³/mol. The molecule has 114 valence electrons. The normalized spacial score (nSPS) is 21.6. The lowest BCUT2D eigenvalue weighted by Gasteiger charge is -2.26. The van der Waals surface area contributed by atoms with E-state index in [9.17, 15) is 14.0 Å². The van der Waals surface area contributed by atoms with Crippen LogP contribution in [0.25, 0.3) is 0 Å². The molecule has 5 nitrogen and oxygen atoms in total. The van der Waals surface area contributed by atoms with Crippen molar-refractivity contribution in [3.63, 3.8) is 0 Å². The van der Waals surface area contributed by atoms with E-state index in [0.29, 0.717) is 25.7 Å². The number of aliphatic carboxylic acids is 1. The maximum atomic E-state index is 13.2. The molecule has 0 heterocycles. The van der Waals surface area contributed by atoms with E-state index in [0.717, 1.165) is 0 Å². The van der Waals surface area contributed by atoms with Crippen molar-refractivity contribution in [3.8, 4) is 0 Å². The third kappa shape index (κ3) is 4.07. The number of carboxylic acid groups (broad SMARTS) is 1. The number of halogens is 2. The van der Waals surface area contributed by atoms with Gasteiger partial charge in [0.25, 0.3) is 0 Å². The van der Waals surface area contributed by atoms with Gasteiger partial charge in [-0.3, -0.25) is 4.79 Å². The summed E-state index contributed by atoms with van der Waals surface area (Å²) in [5, 5.41) is 14.0. The van der Waals surface area contributed by atoms with Gasteiger partial charge in [0.2, 0.25) is 0 Å². The van der Waals surface area contributed by atoms with Crippen molar-refractivity contribution >= 4 is 29.3 Å². The van der Waals surface area contributed by atoms with E-state index >= 15 is 0 Å². The Bertz CT molecular complexity index is 545. The molecular formula is C14H16ClFN2O3. The Morgan fingerprint density at radius 2 is 1.90 bits per heavy atom. The molecule has 1 aromatic carbocycles. The zero-order valence-corrected chi connectivity index (χ0v) is 12.0. The van der Waals surface area contributed by atoms with Crippen molar-refractivity contribution in [1.82, 2.24) is 5.32 Å². The highest BCUT2D eigenvalue weighted by molar-refractivity contribution is 6.33. The van der Waals surface area contributed by atoms with E-state index in [1.54, 1.807) is 0 Å². The number of anilines is 1. The molecule has 0 saturated heterocycles. The van der Waals surface area contributed by atoms with Crippen LogP contribution in [0.5, 0.6) is 0 Å². The van der Waals surface area contributed by atoms with E-state index < -0.39 is 17.8 Å². The summed E-state index contributed by atoms with van der Waals surface area (Å²) < 4.78 is 13.2. The molecule has 0 spiro atoms. The van der Waals surface area contributed by atoms with Crippen LogP contribution in [0.3, 0.4) is 0 Å². The smallest absolute Gasteiger partial charge is 0.319 e. The van der Waals surface area contributed by atoms with Gasteiger partial charge in [0.1, 0.15) is 5.82 Å². The third-order valence-corrected chi connectivity index (χ3v) is 4.00. The second-order valence-corrected chi connectivity index (χ2v) is 5.46. The summed E-state index contributed by atoms with van der Waals surface area (Å²) in [5.74, 6) is -1.72. The number of nitrogens with one attached hydrogen (secondary N) is 2. The fraction of sp³-hybridized carbons (Fsp3) is 0.429. The van der Waals surface area contributed by atoms with E-state index in [1.165, 1.54) is 18.2 Å². The largest absolute Gasteiger partial charge is 0.481 e. The van der Waals surface area contributed by atoms with Crippen molar-refractivity contribution < 1.29 is 19.1 Å². The quantitative estimate of drug-likeness (QED) is 0.801. The Labute approximate surface area is 126 Å². The first kappa shape index (κ1) is 15.6. The Morgan fingerprint density at radius 3 is 2.52 bits per heavy atom. The third-order valence-electron chi connectivity index (χ3n) is 3.61. The SMILES string of the molecule is O=C(Nc1cccc(F)c1Cl)NC1CCC(C(=O)O)CC1. The zero-order chi connectivity index (χ0) is 15.4. The molecule has 0 unspecified atom stereocenters. The number of benzene rings is 1. The highest BCUT2D eigenvalue weighted by Crippen LogP contribution is 2.26. The first-order chi connectivity index (χ1) is 9.97. The molecule has 1 aromatic rings. The number of urea groups is 1. The molecule has 0 bridgehead atoms. The van der Waals surface area contributed by atoms with Crippen LogP contribution in [0, 0.1) is 11.7 Å². The number of hydrogen-bond donors (Lipinski definition) is 3. The monoisotopic (exact) mass is 314 g/mol. The summed E-state index contributed by atoms with van der Waals surface area (Å²) >= 11 is 5.75. The first-order valence-electron chi connectivity index (χ1n) is 6.71. The molecule has 2 amide bonds. The summed E-state index contributed by atoms with van der Waals surface area (Å²) in [7, 11) is 0. The second-order valence-electron chi connectivity index (χ2n) is 5.09. The Morgan fingerprint density at radius 1 is 1.24 bits per heavy atom. The van der Waals surface area contributed by atoms with Gasteiger partial charge in [-0.25, -0.2) is 9.18 Å². The van der Waals surface area contributed by atoms with Crippen molar-refractivity contribution in [2.45, 2.75) is 31.7 Å². The van der Waals surface area contributed by atoms with Crippen molar-refractivity contribution in [3.05, 3.63) is 29.0 Å². The number of carboxylic acids is 1. The van der Waals surface area contributed by atoms with Gasteiger partial charge in [0.15, 0.2) is 0 Å². The highest BCUT2D eigenvalue weighted by Gasteiger charge is 2.26. The molecule has 0 aliphatic heterocycles. The van der Waals surface area contributed by atoms with Crippen LogP contribution in [0.2, 0.25) is 5.02 Å². The molecule has 1 aliphatic carbocycles. The lowest BCUT2D eigenvalue weighted by molar-refractivity contribution is -0.142. The van der Waals surface area contributed by atoms with Gasteiger partial charge in [-0.2, -0.15) is 0 Å². The van der Waals surface area contributed by atoms with Gasteiger partial charge >= 0.3 is 12.0 Å². The van der Waals surface area contributed by atoms with Crippen molar-refractivity contribution in [2.75, 3.05) is 5.32 Å². The maximum absolute atomic E-state index is 13.2. The summed E-state index contributed by atoms with van der Waals surface area (Å²) in [4.78, 5) is 22.7. The van der Waals surface area contributed by atoms with Crippen molar-refractivity contribution in [1.29, 1.82) is 0 Å². The second kappa shape index (κ2) is 6.76. The molecule has 1 aliphatic rings. The van der Waals surface area contributed by atoms with Crippen LogP contribution in [-0.4, -0.2) is 23.1 Å². The average molecular weight is 315 g/mol. The number of hydrogen-bond acceptors (Lipinski definition) is 2. The molecular weight excluding hydrogens is 299 g/mol. The minimum atomic E-state index is -0.788. The lowest BCUT2D eigenvalue weighted by Crippen LogP contribution is -2.41. The first-order valence-corrected chi connectivity index (χ1v) is 7.09. The van der Waals surface area contributed by atoms with Gasteiger partial charge < -0.3 is 15.7 Å². The van der Waals surface area contributed by atoms with Crippen LogP contribution in [-0.2, 0) is 4.79 Å². The summed E-state index contributed by atoms with van der Waals surface area (Å²) in [5.41, 5.74) is 0.202. The summed E-state index contributed by atoms with van der Waals surface area (Å²) in [6.07, 6.45) is 2.31. The Hall–Kier alpha value is -1.82. The predicted octanol–water partition coefficient (Wildman–Crippen LogP) is 3.24. The summed E-state index contributed by atoms with van der Waals surface area (Å²) in [6.45, 7) is 0. The van der Waals surface area contributed by atoms with E-state index in [-0.39, 0.29) is 22.7 Å². The van der Waals surface area contributed by atoms with Crippen LogP contribution in [0.15, 0.2) is 18.2 Å². The number of carbonyl (C=O) groups is 2. The number of carbonyl (C=O) groups excluding carboxylic acids is 1. The molecule has 1 fully saturated rings. The molecule has 21 heavy (non-hydrogen) atoms. The molecule has 3 N–H and O–H groups in total. The van der Waals surface area contributed by atoms with Crippen LogP contribution in [0.4, 0.5) is 14.9 Å². The van der Waals surface area contributed by atoms with E-state index in [4.69, 9.17) is 16.7 Å². The molecule has 0 radical (unpaired) electrons. The molecule has 1 saturated carbocycles. The molecule has 0 atom stereocenters. The number of amides is 2. The van der Waals surface area contributed by atoms with Crippen LogP contribution < -0.4 is 10.6 Å². The van der Waals surface area contributed by atoms with E-state index in [1.807, 2.05) is 0 Å². The Balaban J connectivity index is 1.86. The fourth-order valence-corrected chi connectivity index (χ4v) is 2.60. The number of rotatable bonds is 3. The topological polar surface area (TPSA) is 78.4 Å². The van der Waals surface area contributed by atoms with Crippen LogP contribution >= 0.6 is 11.6 Å².